The van der Waals surface area contributed by atoms with Crippen LogP contribution in [0.15, 0.2) is 17.3 Å². The Morgan fingerprint density at radius 1 is 1.39 bits per heavy atom. The molecule has 1 aromatic rings. The first kappa shape index (κ1) is 13.5. The first-order valence-electron chi connectivity index (χ1n) is 6.52. The molecule has 1 aliphatic carbocycles. The predicted molar refractivity (Wildman–Crippen MR) is 69.5 cm³/mol. The molecule has 1 heterocycles. The highest BCUT2D eigenvalue weighted by Crippen LogP contribution is 2.31. The van der Waals surface area contributed by atoms with Gasteiger partial charge in [-0.1, -0.05) is 26.7 Å². The minimum absolute atomic E-state index is 0.0543. The van der Waals surface area contributed by atoms with E-state index in [1.807, 2.05) is 0 Å². The van der Waals surface area contributed by atoms with Crippen LogP contribution >= 0.6 is 0 Å². The van der Waals surface area contributed by atoms with Crippen molar-refractivity contribution in [2.75, 3.05) is 0 Å². The van der Waals surface area contributed by atoms with Gasteiger partial charge in [0.15, 0.2) is 0 Å². The predicted octanol–water partition coefficient (Wildman–Crippen LogP) is 1.90. The second-order valence-electron chi connectivity index (χ2n) is 5.35. The molecule has 5 nitrogen and oxygen atoms in total. The first-order valence-corrected chi connectivity index (χ1v) is 8.00. The molecule has 2 rings (SSSR count). The Morgan fingerprint density at radius 2 is 2.11 bits per heavy atom. The fraction of sp³-hybridized carbons (Fsp3) is 0.750. The maximum atomic E-state index is 12.2. The molecule has 2 atom stereocenters. The van der Waals surface area contributed by atoms with E-state index in [0.717, 1.165) is 19.3 Å². The molecule has 0 aromatic carbocycles. The van der Waals surface area contributed by atoms with Crippen LogP contribution in [-0.2, 0) is 10.0 Å². The number of hydrogen-bond donors (Lipinski definition) is 2. The highest BCUT2D eigenvalue weighted by Gasteiger charge is 2.31. The summed E-state index contributed by atoms with van der Waals surface area (Å²) in [5.41, 5.74) is 0. The minimum Gasteiger partial charge on any atom is -0.284 e. The molecule has 0 spiro atoms. The van der Waals surface area contributed by atoms with E-state index in [1.165, 1.54) is 18.8 Å². The second-order valence-corrected chi connectivity index (χ2v) is 7.07. The summed E-state index contributed by atoms with van der Waals surface area (Å²) in [5.74, 6) is 0.933. The van der Waals surface area contributed by atoms with Crippen molar-refractivity contribution in [2.45, 2.75) is 50.5 Å². The average Bonchev–Trinajstić information content (AvgIpc) is 2.83. The van der Waals surface area contributed by atoms with Crippen LogP contribution in [-0.4, -0.2) is 24.7 Å². The highest BCUT2D eigenvalue weighted by atomic mass is 32.2. The van der Waals surface area contributed by atoms with Crippen molar-refractivity contribution in [2.24, 2.45) is 11.8 Å². The molecule has 0 saturated heterocycles. The van der Waals surface area contributed by atoms with Crippen molar-refractivity contribution in [3.05, 3.63) is 12.4 Å². The van der Waals surface area contributed by atoms with Crippen molar-refractivity contribution in [1.29, 1.82) is 0 Å². The zero-order valence-electron chi connectivity index (χ0n) is 10.9. The molecule has 2 unspecified atom stereocenters. The Morgan fingerprint density at radius 3 is 2.72 bits per heavy atom. The van der Waals surface area contributed by atoms with Crippen LogP contribution in [0.1, 0.15) is 39.5 Å². The molecule has 0 aliphatic heterocycles. The summed E-state index contributed by atoms with van der Waals surface area (Å²) in [6.45, 7) is 4.32. The fourth-order valence-corrected chi connectivity index (χ4v) is 3.98. The number of aromatic nitrogens is 2. The SMILES string of the molecule is CC(C)C1CCCCC1NS(=O)(=O)c1cn[nH]c1. The van der Waals surface area contributed by atoms with Gasteiger partial charge in [0.2, 0.25) is 10.0 Å². The summed E-state index contributed by atoms with van der Waals surface area (Å²) >= 11 is 0. The normalized spacial score (nSPS) is 25.5. The summed E-state index contributed by atoms with van der Waals surface area (Å²) in [6.07, 6.45) is 7.09. The van der Waals surface area contributed by atoms with E-state index in [2.05, 4.69) is 28.8 Å². The van der Waals surface area contributed by atoms with Crippen LogP contribution in [0, 0.1) is 11.8 Å². The fourth-order valence-electron chi connectivity index (χ4n) is 2.76. The molecule has 2 N–H and O–H groups in total. The number of nitrogens with zero attached hydrogens (tertiary/aromatic N) is 1. The van der Waals surface area contributed by atoms with Gasteiger partial charge in [0.1, 0.15) is 4.90 Å². The molecule has 18 heavy (non-hydrogen) atoms. The Hall–Kier alpha value is -0.880. The van der Waals surface area contributed by atoms with Crippen LogP contribution in [0.25, 0.3) is 0 Å². The van der Waals surface area contributed by atoms with Gasteiger partial charge in [0.25, 0.3) is 0 Å². The third kappa shape index (κ3) is 2.92. The molecule has 6 heteroatoms. The van der Waals surface area contributed by atoms with Gasteiger partial charge in [-0.25, -0.2) is 13.1 Å². The number of aromatic amines is 1. The van der Waals surface area contributed by atoms with Gasteiger partial charge in [-0.15, -0.1) is 0 Å². The smallest absolute Gasteiger partial charge is 0.243 e. The molecule has 1 aliphatic rings. The van der Waals surface area contributed by atoms with Crippen LogP contribution in [0.4, 0.5) is 0 Å². The lowest BCUT2D eigenvalue weighted by Gasteiger charge is -2.34. The van der Waals surface area contributed by atoms with Gasteiger partial charge in [-0.05, 0) is 24.7 Å². The largest absolute Gasteiger partial charge is 0.284 e. The summed E-state index contributed by atoms with van der Waals surface area (Å²) in [7, 11) is -3.43. The van der Waals surface area contributed by atoms with E-state index in [-0.39, 0.29) is 10.9 Å². The lowest BCUT2D eigenvalue weighted by Crippen LogP contribution is -2.43. The van der Waals surface area contributed by atoms with Crippen LogP contribution in [0.2, 0.25) is 0 Å². The standard InChI is InChI=1S/C12H21N3O2S/c1-9(2)11-5-3-4-6-12(11)15-18(16,17)10-7-13-14-8-10/h7-9,11-12,15H,3-6H2,1-2H3,(H,13,14). The molecule has 0 radical (unpaired) electrons. The first-order chi connectivity index (χ1) is 8.50. The third-order valence-electron chi connectivity index (χ3n) is 3.77. The Kier molecular flexibility index (Phi) is 4.07. The van der Waals surface area contributed by atoms with Crippen molar-refractivity contribution in [1.82, 2.24) is 14.9 Å². The number of nitrogens with one attached hydrogen (secondary N) is 2. The molecular weight excluding hydrogens is 250 g/mol. The molecule has 102 valence electrons. The molecular formula is C12H21N3O2S. The van der Waals surface area contributed by atoms with Crippen molar-refractivity contribution < 1.29 is 8.42 Å². The van der Waals surface area contributed by atoms with Gasteiger partial charge < -0.3 is 0 Å². The van der Waals surface area contributed by atoms with Gasteiger partial charge in [0.05, 0.1) is 6.20 Å². The number of sulfonamides is 1. The van der Waals surface area contributed by atoms with E-state index in [0.29, 0.717) is 11.8 Å². The molecule has 1 fully saturated rings. The van der Waals surface area contributed by atoms with E-state index >= 15 is 0 Å². The monoisotopic (exact) mass is 271 g/mol. The van der Waals surface area contributed by atoms with Gasteiger partial charge in [-0.2, -0.15) is 5.10 Å². The van der Waals surface area contributed by atoms with Crippen molar-refractivity contribution >= 4 is 10.0 Å². The minimum atomic E-state index is -3.43. The van der Waals surface area contributed by atoms with E-state index < -0.39 is 10.0 Å². The lowest BCUT2D eigenvalue weighted by atomic mass is 9.78. The second kappa shape index (κ2) is 5.40. The van der Waals surface area contributed by atoms with Crippen LogP contribution in [0.5, 0.6) is 0 Å². The number of rotatable bonds is 4. The van der Waals surface area contributed by atoms with Gasteiger partial charge >= 0.3 is 0 Å². The molecule has 1 aromatic heterocycles. The van der Waals surface area contributed by atoms with Crippen LogP contribution in [0.3, 0.4) is 0 Å². The number of hydrogen-bond acceptors (Lipinski definition) is 3. The zero-order valence-corrected chi connectivity index (χ0v) is 11.7. The Labute approximate surface area is 108 Å². The summed E-state index contributed by atoms with van der Waals surface area (Å²) < 4.78 is 27.2. The van der Waals surface area contributed by atoms with Crippen molar-refractivity contribution in [3.8, 4) is 0 Å². The van der Waals surface area contributed by atoms with Crippen molar-refractivity contribution in [3.63, 3.8) is 0 Å². The summed E-state index contributed by atoms with van der Waals surface area (Å²) in [6, 6.07) is 0.0543. The maximum absolute atomic E-state index is 12.2. The highest BCUT2D eigenvalue weighted by molar-refractivity contribution is 7.89. The van der Waals surface area contributed by atoms with E-state index in [4.69, 9.17) is 0 Å². The molecule has 1 saturated carbocycles. The van der Waals surface area contributed by atoms with E-state index in [1.54, 1.807) is 0 Å². The van der Waals surface area contributed by atoms with Crippen LogP contribution < -0.4 is 4.72 Å². The topological polar surface area (TPSA) is 74.8 Å². The van der Waals surface area contributed by atoms with E-state index in [9.17, 15) is 8.42 Å². The lowest BCUT2D eigenvalue weighted by molar-refractivity contribution is 0.226. The quantitative estimate of drug-likeness (QED) is 0.878. The number of H-pyrrole nitrogens is 1. The maximum Gasteiger partial charge on any atom is 0.243 e. The molecule has 0 amide bonds. The van der Waals surface area contributed by atoms with Gasteiger partial charge in [0, 0.05) is 12.2 Å². The third-order valence-corrected chi connectivity index (χ3v) is 5.22. The van der Waals surface area contributed by atoms with Gasteiger partial charge in [-0.3, -0.25) is 5.10 Å². The Bertz CT molecular complexity index is 468. The summed E-state index contributed by atoms with van der Waals surface area (Å²) in [4.78, 5) is 0.218. The summed E-state index contributed by atoms with van der Waals surface area (Å²) in [5, 5.41) is 6.23. The Balaban J connectivity index is 2.12. The average molecular weight is 271 g/mol. The molecule has 0 bridgehead atoms. The zero-order chi connectivity index (χ0) is 13.2.